The Morgan fingerprint density at radius 3 is 2.67 bits per heavy atom. The fourth-order valence-corrected chi connectivity index (χ4v) is 1.80. The molecule has 0 spiro atoms. The molecule has 4 nitrogen and oxygen atoms in total. The first-order valence-electron chi connectivity index (χ1n) is 6.81. The summed E-state index contributed by atoms with van der Waals surface area (Å²) < 4.78 is 11.0. The van der Waals surface area contributed by atoms with Crippen molar-refractivity contribution in [1.82, 2.24) is 4.98 Å². The number of hydrogen-bond donors (Lipinski definition) is 1. The number of aromatic nitrogens is 1. The monoisotopic (exact) mass is 285 g/mol. The second kappa shape index (κ2) is 8.19. The van der Waals surface area contributed by atoms with Crippen LogP contribution in [0.4, 0.5) is 0 Å². The lowest BCUT2D eigenvalue weighted by Crippen LogP contribution is -2.01. The maximum Gasteiger partial charge on any atom is 0.145 e. The van der Waals surface area contributed by atoms with Crippen molar-refractivity contribution in [3.8, 4) is 11.5 Å². The molecule has 1 heterocycles. The summed E-state index contributed by atoms with van der Waals surface area (Å²) in [4.78, 5) is 4.01. The molecular weight excluding hydrogens is 266 g/mol. The van der Waals surface area contributed by atoms with Gasteiger partial charge in [0.15, 0.2) is 0 Å². The highest BCUT2D eigenvalue weighted by molar-refractivity contribution is 5.53. The molecule has 2 aromatic rings. The predicted octanol–water partition coefficient (Wildman–Crippen LogP) is 3.29. The molecule has 4 heteroatoms. The Morgan fingerprint density at radius 1 is 1.19 bits per heavy atom. The number of ether oxygens (including phenoxy) is 2. The minimum Gasteiger partial charge on any atom is -0.456 e. The number of aliphatic hydroxyl groups is 1. The van der Waals surface area contributed by atoms with Gasteiger partial charge in [0, 0.05) is 6.20 Å². The Hall–Kier alpha value is -2.17. The third-order valence-corrected chi connectivity index (χ3v) is 2.73. The number of rotatable bonds is 7. The van der Waals surface area contributed by atoms with Crippen LogP contribution < -0.4 is 4.74 Å². The molecule has 0 bridgehead atoms. The van der Waals surface area contributed by atoms with Crippen molar-refractivity contribution in [2.45, 2.75) is 6.92 Å². The predicted molar refractivity (Wildman–Crippen MR) is 82.3 cm³/mol. The molecule has 0 radical (unpaired) electrons. The first kappa shape index (κ1) is 15.2. The molecule has 1 aromatic heterocycles. The van der Waals surface area contributed by atoms with Gasteiger partial charge in [0.05, 0.1) is 26.0 Å². The maximum absolute atomic E-state index is 8.66. The standard InChI is InChI=1S/C17H19NO3/c1-14(13-20-10-9-19)11-15-4-6-16(7-5-15)21-17-3-2-8-18-12-17/h2-8,11-12,19H,9-10,13H2,1H3/b14-11+. The lowest BCUT2D eigenvalue weighted by Gasteiger charge is -2.06. The number of benzene rings is 1. The van der Waals surface area contributed by atoms with E-state index in [0.29, 0.717) is 13.2 Å². The number of nitrogens with zero attached hydrogens (tertiary/aromatic N) is 1. The zero-order valence-electron chi connectivity index (χ0n) is 12.0. The average molecular weight is 285 g/mol. The molecule has 1 N–H and O–H groups in total. The highest BCUT2D eigenvalue weighted by Crippen LogP contribution is 2.21. The smallest absolute Gasteiger partial charge is 0.145 e. The van der Waals surface area contributed by atoms with Crippen molar-refractivity contribution in [1.29, 1.82) is 0 Å². The molecule has 0 atom stereocenters. The average Bonchev–Trinajstić information content (AvgIpc) is 2.51. The normalized spacial score (nSPS) is 11.4. The van der Waals surface area contributed by atoms with Gasteiger partial charge in [-0.3, -0.25) is 4.98 Å². The van der Waals surface area contributed by atoms with Gasteiger partial charge in [-0.15, -0.1) is 0 Å². The van der Waals surface area contributed by atoms with Crippen molar-refractivity contribution in [2.75, 3.05) is 19.8 Å². The van der Waals surface area contributed by atoms with Gasteiger partial charge >= 0.3 is 0 Å². The molecule has 0 unspecified atom stereocenters. The van der Waals surface area contributed by atoms with Crippen molar-refractivity contribution >= 4 is 6.08 Å². The largest absolute Gasteiger partial charge is 0.456 e. The van der Waals surface area contributed by atoms with Crippen LogP contribution in [0.25, 0.3) is 6.08 Å². The maximum atomic E-state index is 8.66. The molecule has 0 saturated heterocycles. The van der Waals surface area contributed by atoms with E-state index in [0.717, 1.165) is 22.6 Å². The summed E-state index contributed by atoms with van der Waals surface area (Å²) in [5.41, 5.74) is 2.18. The molecular formula is C17H19NO3. The Bertz CT molecular complexity index is 564. The number of hydrogen-bond acceptors (Lipinski definition) is 4. The first-order chi connectivity index (χ1) is 10.3. The second-order valence-corrected chi connectivity index (χ2v) is 4.63. The van der Waals surface area contributed by atoms with Crippen molar-refractivity contribution in [3.63, 3.8) is 0 Å². The Kier molecular flexibility index (Phi) is 5.94. The quantitative estimate of drug-likeness (QED) is 0.793. The summed E-state index contributed by atoms with van der Waals surface area (Å²) in [6.07, 6.45) is 5.43. The van der Waals surface area contributed by atoms with Gasteiger partial charge in [-0.05, 0) is 42.3 Å². The van der Waals surface area contributed by atoms with Crippen LogP contribution in [0.15, 0.2) is 54.4 Å². The van der Waals surface area contributed by atoms with Gasteiger partial charge in [-0.1, -0.05) is 18.2 Å². The highest BCUT2D eigenvalue weighted by atomic mass is 16.5. The lowest BCUT2D eigenvalue weighted by atomic mass is 10.1. The van der Waals surface area contributed by atoms with Gasteiger partial charge in [0.2, 0.25) is 0 Å². The Balaban J connectivity index is 1.94. The first-order valence-corrected chi connectivity index (χ1v) is 6.81. The molecule has 0 saturated carbocycles. The number of pyridine rings is 1. The van der Waals surface area contributed by atoms with E-state index in [1.165, 1.54) is 0 Å². The van der Waals surface area contributed by atoms with Crippen LogP contribution in [0.3, 0.4) is 0 Å². The van der Waals surface area contributed by atoms with E-state index in [9.17, 15) is 0 Å². The van der Waals surface area contributed by atoms with Crippen molar-refractivity contribution in [2.24, 2.45) is 0 Å². The molecule has 0 aliphatic carbocycles. The Labute approximate surface area is 124 Å². The van der Waals surface area contributed by atoms with Gasteiger partial charge in [-0.25, -0.2) is 0 Å². The van der Waals surface area contributed by atoms with Gasteiger partial charge in [0.1, 0.15) is 11.5 Å². The highest BCUT2D eigenvalue weighted by Gasteiger charge is 1.97. The molecule has 0 aliphatic heterocycles. The van der Waals surface area contributed by atoms with E-state index in [1.807, 2.05) is 49.4 Å². The zero-order valence-corrected chi connectivity index (χ0v) is 12.0. The topological polar surface area (TPSA) is 51.6 Å². The van der Waals surface area contributed by atoms with Crippen LogP contribution in [-0.4, -0.2) is 29.9 Å². The SMILES string of the molecule is C/C(=C\c1ccc(Oc2cccnc2)cc1)COCCO. The summed E-state index contributed by atoms with van der Waals surface area (Å²) in [7, 11) is 0. The van der Waals surface area contributed by atoms with E-state index < -0.39 is 0 Å². The van der Waals surface area contributed by atoms with E-state index >= 15 is 0 Å². The zero-order chi connectivity index (χ0) is 14.9. The summed E-state index contributed by atoms with van der Waals surface area (Å²) in [5, 5.41) is 8.66. The lowest BCUT2D eigenvalue weighted by molar-refractivity contribution is 0.108. The Morgan fingerprint density at radius 2 is 2.00 bits per heavy atom. The molecule has 1 aromatic carbocycles. The minimum atomic E-state index is 0.0493. The van der Waals surface area contributed by atoms with Crippen LogP contribution in [0, 0.1) is 0 Å². The van der Waals surface area contributed by atoms with E-state index in [2.05, 4.69) is 4.98 Å². The van der Waals surface area contributed by atoms with Crippen LogP contribution in [0.2, 0.25) is 0 Å². The molecule has 0 aliphatic rings. The molecule has 0 amide bonds. The van der Waals surface area contributed by atoms with Crippen LogP contribution in [0.1, 0.15) is 12.5 Å². The summed E-state index contributed by atoms with van der Waals surface area (Å²) in [5.74, 6) is 1.49. The third kappa shape index (κ3) is 5.38. The molecule has 110 valence electrons. The molecule has 0 fully saturated rings. The second-order valence-electron chi connectivity index (χ2n) is 4.63. The van der Waals surface area contributed by atoms with E-state index in [1.54, 1.807) is 12.4 Å². The summed E-state index contributed by atoms with van der Waals surface area (Å²) in [6, 6.07) is 11.5. The van der Waals surface area contributed by atoms with Gasteiger partial charge < -0.3 is 14.6 Å². The fourth-order valence-electron chi connectivity index (χ4n) is 1.80. The van der Waals surface area contributed by atoms with Crippen LogP contribution in [-0.2, 0) is 4.74 Å². The third-order valence-electron chi connectivity index (χ3n) is 2.73. The van der Waals surface area contributed by atoms with Gasteiger partial charge in [-0.2, -0.15) is 0 Å². The molecule has 2 rings (SSSR count). The summed E-state index contributed by atoms with van der Waals surface area (Å²) >= 11 is 0. The van der Waals surface area contributed by atoms with Crippen molar-refractivity contribution < 1.29 is 14.6 Å². The van der Waals surface area contributed by atoms with E-state index in [-0.39, 0.29) is 6.61 Å². The number of aliphatic hydroxyl groups excluding tert-OH is 1. The van der Waals surface area contributed by atoms with Crippen LogP contribution in [0.5, 0.6) is 11.5 Å². The minimum absolute atomic E-state index is 0.0493. The van der Waals surface area contributed by atoms with Crippen LogP contribution >= 0.6 is 0 Å². The van der Waals surface area contributed by atoms with E-state index in [4.69, 9.17) is 14.6 Å². The summed E-state index contributed by atoms with van der Waals surface area (Å²) in [6.45, 7) is 2.93. The van der Waals surface area contributed by atoms with Crippen molar-refractivity contribution in [3.05, 3.63) is 59.9 Å². The fraction of sp³-hybridized carbons (Fsp3) is 0.235. The molecule has 21 heavy (non-hydrogen) atoms. The van der Waals surface area contributed by atoms with Gasteiger partial charge in [0.25, 0.3) is 0 Å².